The van der Waals surface area contributed by atoms with Crippen LogP contribution in [-0.4, -0.2) is 47.3 Å². The van der Waals surface area contributed by atoms with Crippen LogP contribution in [0.4, 0.5) is 22.7 Å². The maximum atomic E-state index is 11.8. The van der Waals surface area contributed by atoms with Crippen LogP contribution in [-0.2, 0) is 16.0 Å². The zero-order chi connectivity index (χ0) is 27.5. The minimum Gasteiger partial charge on any atom is -0.466 e. The van der Waals surface area contributed by atoms with Crippen molar-refractivity contribution in [2.75, 3.05) is 30.3 Å². The number of ether oxygens (including phenoxy) is 1. The molecule has 0 fully saturated rings. The van der Waals surface area contributed by atoms with E-state index in [9.17, 15) is 34.6 Å². The molecule has 2 amide bonds. The van der Waals surface area contributed by atoms with E-state index in [1.54, 1.807) is 19.1 Å². The van der Waals surface area contributed by atoms with Gasteiger partial charge in [-0.1, -0.05) is 12.2 Å². The average Bonchev–Trinajstić information content (AvgIpc) is 2.84. The Morgan fingerprint density at radius 2 is 1.51 bits per heavy atom. The minimum atomic E-state index is -0.851. The number of primary amides is 2. The molecule has 0 aromatic heterocycles. The van der Waals surface area contributed by atoms with Crippen molar-refractivity contribution in [3.63, 3.8) is 0 Å². The van der Waals surface area contributed by atoms with Gasteiger partial charge in [-0.15, -0.1) is 0 Å². The van der Waals surface area contributed by atoms with Crippen molar-refractivity contribution in [1.82, 2.24) is 0 Å². The van der Waals surface area contributed by atoms with Crippen LogP contribution in [0.15, 0.2) is 42.5 Å². The van der Waals surface area contributed by atoms with E-state index < -0.39 is 27.6 Å². The van der Waals surface area contributed by atoms with Crippen molar-refractivity contribution in [2.45, 2.75) is 19.8 Å². The van der Waals surface area contributed by atoms with Gasteiger partial charge in [-0.25, -0.2) is 0 Å². The van der Waals surface area contributed by atoms with Gasteiger partial charge in [0, 0.05) is 42.8 Å². The lowest BCUT2D eigenvalue weighted by molar-refractivity contribution is -0.384. The number of nitro benzene ring substituents is 2. The van der Waals surface area contributed by atoms with Crippen LogP contribution >= 0.6 is 0 Å². The molecule has 0 bridgehead atoms. The molecule has 0 saturated heterocycles. The van der Waals surface area contributed by atoms with Crippen molar-refractivity contribution in [2.24, 2.45) is 11.5 Å². The van der Waals surface area contributed by atoms with Gasteiger partial charge in [-0.3, -0.25) is 34.6 Å². The molecular weight excluding hydrogens is 488 g/mol. The second-order valence-corrected chi connectivity index (χ2v) is 7.54. The Labute approximate surface area is 210 Å². The quantitative estimate of drug-likeness (QED) is 0.124. The lowest BCUT2D eigenvalue weighted by atomic mass is 10.0. The second kappa shape index (κ2) is 13.2. The molecule has 6 N–H and O–H groups in total. The summed E-state index contributed by atoms with van der Waals surface area (Å²) in [6.07, 6.45) is 3.26. The third kappa shape index (κ3) is 8.02. The highest BCUT2D eigenvalue weighted by atomic mass is 16.6. The molecule has 2 rings (SSSR count). The monoisotopic (exact) mass is 514 g/mol. The van der Waals surface area contributed by atoms with E-state index >= 15 is 0 Å². The van der Waals surface area contributed by atoms with Gasteiger partial charge in [0.1, 0.15) is 11.4 Å². The molecule has 14 heteroatoms. The number of anilines is 2. The number of esters is 1. The molecule has 0 spiro atoms. The molecule has 0 radical (unpaired) electrons. The van der Waals surface area contributed by atoms with Crippen molar-refractivity contribution < 1.29 is 29.0 Å². The smallest absolute Gasteiger partial charge is 0.306 e. The number of amides is 2. The summed E-state index contributed by atoms with van der Waals surface area (Å²) in [6.45, 7) is 2.12. The lowest BCUT2D eigenvalue weighted by Crippen LogP contribution is -2.15. The fourth-order valence-corrected chi connectivity index (χ4v) is 3.32. The SMILES string of the molecule is CCOC(=O)CCc1cc(C(N)=O)cc([N+](=O)[O-])c1NC/C=C/CNc1ccc(C(N)=O)cc1[N+](=O)[O-]. The molecule has 37 heavy (non-hydrogen) atoms. The normalized spacial score (nSPS) is 10.6. The van der Waals surface area contributed by atoms with E-state index in [1.807, 2.05) is 0 Å². The van der Waals surface area contributed by atoms with E-state index in [1.165, 1.54) is 18.2 Å². The molecule has 0 atom stereocenters. The van der Waals surface area contributed by atoms with E-state index in [-0.39, 0.29) is 66.4 Å². The van der Waals surface area contributed by atoms with Crippen LogP contribution < -0.4 is 22.1 Å². The molecule has 0 heterocycles. The first-order chi connectivity index (χ1) is 17.5. The summed E-state index contributed by atoms with van der Waals surface area (Å²) in [5.41, 5.74) is 10.3. The van der Waals surface area contributed by atoms with Gasteiger partial charge in [-0.05, 0) is 37.1 Å². The molecule has 2 aromatic rings. The number of nitrogens with zero attached hydrogens (tertiary/aromatic N) is 2. The Morgan fingerprint density at radius 3 is 2.08 bits per heavy atom. The fraction of sp³-hybridized carbons (Fsp3) is 0.261. The maximum absolute atomic E-state index is 11.8. The number of nitro groups is 2. The average molecular weight is 514 g/mol. The fourth-order valence-electron chi connectivity index (χ4n) is 3.32. The number of aryl methyl sites for hydroxylation is 1. The van der Waals surface area contributed by atoms with Crippen molar-refractivity contribution in [3.8, 4) is 0 Å². The lowest BCUT2D eigenvalue weighted by Gasteiger charge is -2.13. The number of carbonyl (C=O) groups is 3. The van der Waals surface area contributed by atoms with E-state index in [2.05, 4.69) is 10.6 Å². The first-order valence-electron chi connectivity index (χ1n) is 11.0. The van der Waals surface area contributed by atoms with E-state index in [4.69, 9.17) is 16.2 Å². The zero-order valence-electron chi connectivity index (χ0n) is 19.9. The Kier molecular flexibility index (Phi) is 10.1. The maximum Gasteiger partial charge on any atom is 0.306 e. The van der Waals surface area contributed by atoms with Crippen molar-refractivity contribution >= 4 is 40.5 Å². The van der Waals surface area contributed by atoms with Crippen LogP contribution in [0.25, 0.3) is 0 Å². The summed E-state index contributed by atoms with van der Waals surface area (Å²) in [4.78, 5) is 56.3. The predicted molar refractivity (Wildman–Crippen MR) is 134 cm³/mol. The van der Waals surface area contributed by atoms with E-state index in [0.29, 0.717) is 5.56 Å². The number of hydrogen-bond acceptors (Lipinski definition) is 10. The third-order valence-corrected chi connectivity index (χ3v) is 5.04. The summed E-state index contributed by atoms with van der Waals surface area (Å²) in [5.74, 6) is -2.14. The number of nitrogens with one attached hydrogen (secondary N) is 2. The van der Waals surface area contributed by atoms with Gasteiger partial charge in [0.15, 0.2) is 0 Å². The highest BCUT2D eigenvalue weighted by Crippen LogP contribution is 2.31. The first kappa shape index (κ1) is 28.2. The molecule has 196 valence electrons. The summed E-state index contributed by atoms with van der Waals surface area (Å²) in [6, 6.07) is 6.23. The van der Waals surface area contributed by atoms with Gasteiger partial charge < -0.3 is 26.8 Å². The highest BCUT2D eigenvalue weighted by molar-refractivity contribution is 5.95. The van der Waals surface area contributed by atoms with Crippen LogP contribution in [0.2, 0.25) is 0 Å². The highest BCUT2D eigenvalue weighted by Gasteiger charge is 2.22. The van der Waals surface area contributed by atoms with Crippen LogP contribution in [0.1, 0.15) is 39.6 Å². The number of nitrogens with two attached hydrogens (primary N) is 2. The van der Waals surface area contributed by atoms with Gasteiger partial charge in [0.2, 0.25) is 11.8 Å². The molecule has 0 aliphatic heterocycles. The summed E-state index contributed by atoms with van der Waals surface area (Å²) in [5, 5.41) is 28.7. The van der Waals surface area contributed by atoms with Crippen LogP contribution in [0.3, 0.4) is 0 Å². The number of benzene rings is 2. The van der Waals surface area contributed by atoms with Gasteiger partial charge in [-0.2, -0.15) is 0 Å². The van der Waals surface area contributed by atoms with Gasteiger partial charge >= 0.3 is 5.97 Å². The Hall–Kier alpha value is -5.01. The summed E-state index contributed by atoms with van der Waals surface area (Å²) in [7, 11) is 0. The van der Waals surface area contributed by atoms with Crippen molar-refractivity contribution in [3.05, 3.63) is 79.4 Å². The van der Waals surface area contributed by atoms with Crippen LogP contribution in [0.5, 0.6) is 0 Å². The zero-order valence-corrected chi connectivity index (χ0v) is 19.9. The third-order valence-electron chi connectivity index (χ3n) is 5.04. The molecule has 2 aromatic carbocycles. The predicted octanol–water partition coefficient (Wildman–Crippen LogP) is 2.28. The van der Waals surface area contributed by atoms with Gasteiger partial charge in [0.25, 0.3) is 11.4 Å². The van der Waals surface area contributed by atoms with Gasteiger partial charge in [0.05, 0.1) is 16.5 Å². The standard InChI is InChI=1S/C23H26N6O8/c1-2-37-20(30)8-6-14-11-16(23(25)32)13-19(29(35)36)21(14)27-10-4-3-9-26-17-7-5-15(22(24)31)12-18(17)28(33)34/h3-5,7,11-13,26-27H,2,6,8-10H2,1H3,(H2,24,31)(H2,25,32)/b4-3+. The Balaban J connectivity index is 2.15. The summed E-state index contributed by atoms with van der Waals surface area (Å²) >= 11 is 0. The largest absolute Gasteiger partial charge is 0.466 e. The topological polar surface area (TPSA) is 223 Å². The van der Waals surface area contributed by atoms with Crippen LogP contribution in [0, 0.1) is 20.2 Å². The first-order valence-corrected chi connectivity index (χ1v) is 11.0. The molecule has 0 aliphatic carbocycles. The Bertz CT molecular complexity index is 1240. The number of hydrogen-bond donors (Lipinski definition) is 4. The number of rotatable bonds is 14. The van der Waals surface area contributed by atoms with Crippen molar-refractivity contribution in [1.29, 1.82) is 0 Å². The number of carbonyl (C=O) groups excluding carboxylic acids is 3. The Morgan fingerprint density at radius 1 is 0.919 bits per heavy atom. The molecular formula is C23H26N6O8. The molecule has 0 aliphatic rings. The minimum absolute atomic E-state index is 0.000277. The summed E-state index contributed by atoms with van der Waals surface area (Å²) < 4.78 is 4.89. The van der Waals surface area contributed by atoms with E-state index in [0.717, 1.165) is 12.1 Å². The molecule has 0 unspecified atom stereocenters. The second-order valence-electron chi connectivity index (χ2n) is 7.54. The molecule has 14 nitrogen and oxygen atoms in total. The molecule has 0 saturated carbocycles.